The third-order valence-corrected chi connectivity index (χ3v) is 2.75. The Kier molecular flexibility index (Phi) is 6.22. The number of ether oxygens (including phenoxy) is 1. The standard InChI is InChI=1S/C14H21NO3/c1-12(18-14(16)17)7-6-10-15(2)11-13-8-4-3-5-9-13/h3-5,8-9,12H,6-7,10-11H2,1-2H3,(H,16,17). The average molecular weight is 251 g/mol. The summed E-state index contributed by atoms with van der Waals surface area (Å²) in [5, 5.41) is 8.45. The molecule has 0 heterocycles. The van der Waals surface area contributed by atoms with Crippen molar-refractivity contribution >= 4 is 6.16 Å². The summed E-state index contributed by atoms with van der Waals surface area (Å²) in [5.74, 6) is 0. The van der Waals surface area contributed by atoms with Gasteiger partial charge in [0.25, 0.3) is 0 Å². The fourth-order valence-corrected chi connectivity index (χ4v) is 1.85. The normalized spacial score (nSPS) is 12.4. The summed E-state index contributed by atoms with van der Waals surface area (Å²) in [5.41, 5.74) is 1.29. The van der Waals surface area contributed by atoms with Crippen LogP contribution in [-0.4, -0.2) is 35.9 Å². The summed E-state index contributed by atoms with van der Waals surface area (Å²) in [6.45, 7) is 3.63. The highest BCUT2D eigenvalue weighted by molar-refractivity contribution is 5.56. The SMILES string of the molecule is CC(CCCN(C)Cc1ccccc1)OC(=O)O. The molecule has 1 rings (SSSR count). The lowest BCUT2D eigenvalue weighted by molar-refractivity contribution is 0.0540. The highest BCUT2D eigenvalue weighted by atomic mass is 16.7. The van der Waals surface area contributed by atoms with Gasteiger partial charge in [0.15, 0.2) is 0 Å². The molecule has 0 spiro atoms. The van der Waals surface area contributed by atoms with E-state index >= 15 is 0 Å². The number of carboxylic acid groups (broad SMARTS) is 1. The summed E-state index contributed by atoms with van der Waals surface area (Å²) in [7, 11) is 2.07. The molecule has 0 aliphatic carbocycles. The summed E-state index contributed by atoms with van der Waals surface area (Å²) in [6, 6.07) is 10.3. The van der Waals surface area contributed by atoms with Gasteiger partial charge in [-0.25, -0.2) is 4.79 Å². The van der Waals surface area contributed by atoms with Gasteiger partial charge in [0.05, 0.1) is 0 Å². The van der Waals surface area contributed by atoms with Crippen molar-refractivity contribution in [2.24, 2.45) is 0 Å². The minimum absolute atomic E-state index is 0.229. The van der Waals surface area contributed by atoms with Crippen LogP contribution in [0.15, 0.2) is 30.3 Å². The third-order valence-electron chi connectivity index (χ3n) is 2.75. The molecule has 0 amide bonds. The Morgan fingerprint density at radius 1 is 1.39 bits per heavy atom. The predicted octanol–water partition coefficient (Wildman–Crippen LogP) is 2.98. The van der Waals surface area contributed by atoms with Crippen molar-refractivity contribution in [1.82, 2.24) is 4.90 Å². The Balaban J connectivity index is 2.17. The molecule has 1 aromatic carbocycles. The average Bonchev–Trinajstić information content (AvgIpc) is 2.29. The van der Waals surface area contributed by atoms with Crippen LogP contribution in [-0.2, 0) is 11.3 Å². The lowest BCUT2D eigenvalue weighted by Gasteiger charge is -2.17. The molecule has 0 saturated heterocycles. The molecule has 100 valence electrons. The summed E-state index contributed by atoms with van der Waals surface area (Å²) in [6.07, 6.45) is 0.260. The maximum Gasteiger partial charge on any atom is 0.506 e. The first-order chi connectivity index (χ1) is 8.58. The van der Waals surface area contributed by atoms with Crippen LogP contribution in [0.1, 0.15) is 25.3 Å². The van der Waals surface area contributed by atoms with Crippen molar-refractivity contribution in [3.05, 3.63) is 35.9 Å². The number of rotatable bonds is 7. The molecule has 0 bridgehead atoms. The topological polar surface area (TPSA) is 49.8 Å². The van der Waals surface area contributed by atoms with Crippen molar-refractivity contribution in [3.8, 4) is 0 Å². The number of nitrogens with zero attached hydrogens (tertiary/aromatic N) is 1. The van der Waals surface area contributed by atoms with Gasteiger partial charge in [-0.2, -0.15) is 0 Å². The van der Waals surface area contributed by atoms with Gasteiger partial charge in [0.2, 0.25) is 0 Å². The Hall–Kier alpha value is -1.55. The largest absolute Gasteiger partial charge is 0.506 e. The van der Waals surface area contributed by atoms with Crippen molar-refractivity contribution in [2.75, 3.05) is 13.6 Å². The van der Waals surface area contributed by atoms with Crippen molar-refractivity contribution in [3.63, 3.8) is 0 Å². The molecule has 1 N–H and O–H groups in total. The monoisotopic (exact) mass is 251 g/mol. The fraction of sp³-hybridized carbons (Fsp3) is 0.500. The second kappa shape index (κ2) is 7.71. The first kappa shape index (κ1) is 14.5. The first-order valence-electron chi connectivity index (χ1n) is 6.20. The van der Waals surface area contributed by atoms with Gasteiger partial charge in [0, 0.05) is 6.54 Å². The molecular formula is C14H21NO3. The van der Waals surface area contributed by atoms with Gasteiger partial charge in [-0.05, 0) is 38.9 Å². The van der Waals surface area contributed by atoms with Gasteiger partial charge < -0.3 is 14.7 Å². The van der Waals surface area contributed by atoms with Crippen LogP contribution >= 0.6 is 0 Å². The van der Waals surface area contributed by atoms with Crippen LogP contribution < -0.4 is 0 Å². The van der Waals surface area contributed by atoms with Crippen LogP contribution in [0.3, 0.4) is 0 Å². The maximum atomic E-state index is 10.3. The summed E-state index contributed by atoms with van der Waals surface area (Å²) < 4.78 is 4.65. The number of carbonyl (C=O) groups is 1. The number of benzene rings is 1. The van der Waals surface area contributed by atoms with Gasteiger partial charge in [0.1, 0.15) is 6.10 Å². The van der Waals surface area contributed by atoms with Crippen molar-refractivity contribution < 1.29 is 14.6 Å². The molecule has 0 aliphatic rings. The maximum absolute atomic E-state index is 10.3. The van der Waals surface area contributed by atoms with Crippen LogP contribution in [0.25, 0.3) is 0 Å². The first-order valence-corrected chi connectivity index (χ1v) is 6.20. The molecule has 1 unspecified atom stereocenters. The highest BCUT2D eigenvalue weighted by Gasteiger charge is 2.07. The summed E-state index contributed by atoms with van der Waals surface area (Å²) in [4.78, 5) is 12.5. The third kappa shape index (κ3) is 6.25. The number of hydrogen-bond donors (Lipinski definition) is 1. The van der Waals surface area contributed by atoms with Crippen LogP contribution in [0.4, 0.5) is 4.79 Å². The summed E-state index contributed by atoms with van der Waals surface area (Å²) >= 11 is 0. The molecule has 1 aromatic rings. The van der Waals surface area contributed by atoms with E-state index in [2.05, 4.69) is 28.8 Å². The van der Waals surface area contributed by atoms with E-state index in [4.69, 9.17) is 5.11 Å². The zero-order valence-electron chi connectivity index (χ0n) is 11.0. The Morgan fingerprint density at radius 3 is 2.67 bits per heavy atom. The molecule has 0 aromatic heterocycles. The van der Waals surface area contributed by atoms with E-state index in [9.17, 15) is 4.79 Å². The van der Waals surface area contributed by atoms with Gasteiger partial charge in [-0.15, -0.1) is 0 Å². The van der Waals surface area contributed by atoms with E-state index in [1.54, 1.807) is 6.92 Å². The van der Waals surface area contributed by atoms with E-state index in [0.29, 0.717) is 0 Å². The lowest BCUT2D eigenvalue weighted by atomic mass is 10.2. The molecule has 18 heavy (non-hydrogen) atoms. The van der Waals surface area contributed by atoms with Crippen LogP contribution in [0, 0.1) is 0 Å². The Morgan fingerprint density at radius 2 is 2.06 bits per heavy atom. The predicted molar refractivity (Wildman–Crippen MR) is 70.6 cm³/mol. The smallest absolute Gasteiger partial charge is 0.450 e. The van der Waals surface area contributed by atoms with Crippen LogP contribution in [0.2, 0.25) is 0 Å². The molecule has 0 aliphatic heterocycles. The zero-order valence-corrected chi connectivity index (χ0v) is 11.0. The van der Waals surface area contributed by atoms with E-state index < -0.39 is 6.16 Å². The van der Waals surface area contributed by atoms with Crippen molar-refractivity contribution in [2.45, 2.75) is 32.4 Å². The fourth-order valence-electron chi connectivity index (χ4n) is 1.85. The second-order valence-electron chi connectivity index (χ2n) is 4.56. The minimum Gasteiger partial charge on any atom is -0.450 e. The van der Waals surface area contributed by atoms with Crippen LogP contribution in [0.5, 0.6) is 0 Å². The molecule has 0 radical (unpaired) electrons. The zero-order chi connectivity index (χ0) is 13.4. The molecule has 0 saturated carbocycles. The molecule has 1 atom stereocenters. The number of hydrogen-bond acceptors (Lipinski definition) is 3. The molecule has 4 nitrogen and oxygen atoms in total. The quantitative estimate of drug-likeness (QED) is 0.757. The van der Waals surface area contributed by atoms with E-state index in [-0.39, 0.29) is 6.10 Å². The molecule has 4 heteroatoms. The van der Waals surface area contributed by atoms with Gasteiger partial charge in [-0.1, -0.05) is 30.3 Å². The highest BCUT2D eigenvalue weighted by Crippen LogP contribution is 2.06. The lowest BCUT2D eigenvalue weighted by Crippen LogP contribution is -2.21. The second-order valence-corrected chi connectivity index (χ2v) is 4.56. The van der Waals surface area contributed by atoms with E-state index in [0.717, 1.165) is 25.9 Å². The van der Waals surface area contributed by atoms with Gasteiger partial charge in [-0.3, -0.25) is 0 Å². The Bertz CT molecular complexity index is 353. The van der Waals surface area contributed by atoms with E-state index in [1.165, 1.54) is 5.56 Å². The Labute approximate surface area is 108 Å². The van der Waals surface area contributed by atoms with Gasteiger partial charge >= 0.3 is 6.16 Å². The van der Waals surface area contributed by atoms with Crippen molar-refractivity contribution in [1.29, 1.82) is 0 Å². The molecular weight excluding hydrogens is 230 g/mol. The molecule has 0 fully saturated rings. The minimum atomic E-state index is -1.19. The van der Waals surface area contributed by atoms with E-state index in [1.807, 2.05) is 18.2 Å².